The summed E-state index contributed by atoms with van der Waals surface area (Å²) in [5, 5.41) is 2.38. The molecule has 1 N–H and O–H groups in total. The minimum Gasteiger partial charge on any atom is -0.379 e. The predicted octanol–water partition coefficient (Wildman–Crippen LogP) is 2.01. The zero-order chi connectivity index (χ0) is 16.1. The second kappa shape index (κ2) is 7.70. The van der Waals surface area contributed by atoms with E-state index in [4.69, 9.17) is 4.74 Å². The number of nitrogens with zero attached hydrogens (tertiary/aromatic N) is 1. The lowest BCUT2D eigenvalue weighted by molar-refractivity contribution is 0.0371. The number of fused-ring (bicyclic) bond motifs is 1. The molecule has 2 amide bonds. The van der Waals surface area contributed by atoms with Crippen molar-refractivity contribution in [1.82, 2.24) is 10.2 Å². The highest BCUT2D eigenvalue weighted by molar-refractivity contribution is 6.22. The van der Waals surface area contributed by atoms with Crippen molar-refractivity contribution in [2.24, 2.45) is 0 Å². The van der Waals surface area contributed by atoms with Crippen molar-refractivity contribution in [3.63, 3.8) is 0 Å². The number of hydrogen-bond donors (Lipinski definition) is 1. The second-order valence-electron chi connectivity index (χ2n) is 6.24. The van der Waals surface area contributed by atoms with Crippen LogP contribution in [0, 0.1) is 0 Å². The normalized spacial score (nSPS) is 18.1. The van der Waals surface area contributed by atoms with Crippen LogP contribution in [0.4, 0.5) is 0 Å². The van der Waals surface area contributed by atoms with Crippen LogP contribution in [-0.2, 0) is 11.2 Å². The first kappa shape index (κ1) is 16.1. The molecule has 5 nitrogen and oxygen atoms in total. The minimum atomic E-state index is -0.266. The van der Waals surface area contributed by atoms with Crippen LogP contribution in [-0.4, -0.2) is 49.6 Å². The molecule has 1 saturated heterocycles. The number of aryl methyl sites for hydroxylation is 1. The zero-order valence-electron chi connectivity index (χ0n) is 13.5. The summed E-state index contributed by atoms with van der Waals surface area (Å²) in [6.45, 7) is 4.99. The maximum absolute atomic E-state index is 11.9. The molecule has 0 spiro atoms. The van der Waals surface area contributed by atoms with E-state index < -0.39 is 0 Å². The van der Waals surface area contributed by atoms with Crippen LogP contribution in [0.1, 0.15) is 52.0 Å². The largest absolute Gasteiger partial charge is 0.379 e. The molecule has 0 unspecified atom stereocenters. The maximum atomic E-state index is 11.9. The van der Waals surface area contributed by atoms with E-state index in [1.165, 1.54) is 12.8 Å². The van der Waals surface area contributed by atoms with E-state index in [2.05, 4.69) is 10.2 Å². The van der Waals surface area contributed by atoms with Crippen molar-refractivity contribution in [3.05, 3.63) is 34.9 Å². The molecule has 2 aliphatic rings. The van der Waals surface area contributed by atoms with Gasteiger partial charge in [-0.05, 0) is 37.4 Å². The molecule has 124 valence electrons. The highest BCUT2D eigenvalue weighted by Crippen LogP contribution is 2.22. The summed E-state index contributed by atoms with van der Waals surface area (Å²) in [5.74, 6) is -0.509. The smallest absolute Gasteiger partial charge is 0.259 e. The average molecular weight is 316 g/mol. The number of morpholine rings is 1. The van der Waals surface area contributed by atoms with E-state index in [0.29, 0.717) is 11.1 Å². The first-order valence-corrected chi connectivity index (χ1v) is 8.53. The number of unbranched alkanes of at least 4 members (excludes halogenated alkanes) is 3. The Hall–Kier alpha value is -1.72. The fourth-order valence-electron chi connectivity index (χ4n) is 3.33. The third-order valence-corrected chi connectivity index (χ3v) is 4.62. The van der Waals surface area contributed by atoms with Gasteiger partial charge in [0.2, 0.25) is 0 Å². The van der Waals surface area contributed by atoms with Crippen LogP contribution in [0.5, 0.6) is 0 Å². The van der Waals surface area contributed by atoms with E-state index in [-0.39, 0.29) is 11.8 Å². The second-order valence-corrected chi connectivity index (χ2v) is 6.24. The van der Waals surface area contributed by atoms with Crippen LogP contribution < -0.4 is 5.32 Å². The lowest BCUT2D eigenvalue weighted by Crippen LogP contribution is -2.36. The summed E-state index contributed by atoms with van der Waals surface area (Å²) in [6, 6.07) is 5.55. The van der Waals surface area contributed by atoms with Crippen LogP contribution in [0.3, 0.4) is 0 Å². The number of imide groups is 1. The van der Waals surface area contributed by atoms with Crippen molar-refractivity contribution in [2.75, 3.05) is 32.8 Å². The van der Waals surface area contributed by atoms with Crippen molar-refractivity contribution in [2.45, 2.75) is 32.1 Å². The molecule has 0 aliphatic carbocycles. The first-order chi connectivity index (χ1) is 11.3. The van der Waals surface area contributed by atoms with E-state index in [1.807, 2.05) is 12.1 Å². The Bertz CT molecular complexity index is 580. The molecule has 2 aliphatic heterocycles. The Kier molecular flexibility index (Phi) is 5.41. The fraction of sp³-hybridized carbons (Fsp3) is 0.556. The molecule has 0 saturated carbocycles. The summed E-state index contributed by atoms with van der Waals surface area (Å²) in [5.41, 5.74) is 2.12. The highest BCUT2D eigenvalue weighted by Gasteiger charge is 2.28. The number of amides is 2. The Balaban J connectivity index is 1.40. The van der Waals surface area contributed by atoms with E-state index in [0.717, 1.165) is 57.7 Å². The lowest BCUT2D eigenvalue weighted by atomic mass is 9.98. The van der Waals surface area contributed by atoms with Crippen LogP contribution in [0.2, 0.25) is 0 Å². The summed E-state index contributed by atoms with van der Waals surface area (Å²) >= 11 is 0. The van der Waals surface area contributed by atoms with Gasteiger partial charge in [0.25, 0.3) is 11.8 Å². The van der Waals surface area contributed by atoms with Gasteiger partial charge in [-0.15, -0.1) is 0 Å². The van der Waals surface area contributed by atoms with Gasteiger partial charge in [0, 0.05) is 13.1 Å². The Morgan fingerprint density at radius 3 is 2.61 bits per heavy atom. The van der Waals surface area contributed by atoms with Crippen LogP contribution in [0.15, 0.2) is 18.2 Å². The Morgan fingerprint density at radius 1 is 1.00 bits per heavy atom. The Morgan fingerprint density at radius 2 is 1.78 bits per heavy atom. The molecular weight excluding hydrogens is 292 g/mol. The molecule has 3 rings (SSSR count). The SMILES string of the molecule is O=C1NC(=O)c2c(CCCCCCN3CCOCC3)cccc21. The highest BCUT2D eigenvalue weighted by atomic mass is 16.5. The van der Waals surface area contributed by atoms with Gasteiger partial charge in [-0.3, -0.25) is 19.8 Å². The molecule has 1 fully saturated rings. The average Bonchev–Trinajstić information content (AvgIpc) is 2.87. The topological polar surface area (TPSA) is 58.6 Å². The van der Waals surface area contributed by atoms with Crippen molar-refractivity contribution < 1.29 is 14.3 Å². The van der Waals surface area contributed by atoms with Crippen LogP contribution in [0.25, 0.3) is 0 Å². The molecule has 1 aromatic rings. The molecule has 23 heavy (non-hydrogen) atoms. The predicted molar refractivity (Wildman–Crippen MR) is 87.7 cm³/mol. The van der Waals surface area contributed by atoms with Gasteiger partial charge in [-0.25, -0.2) is 0 Å². The van der Waals surface area contributed by atoms with Crippen LogP contribution >= 0.6 is 0 Å². The first-order valence-electron chi connectivity index (χ1n) is 8.53. The van der Waals surface area contributed by atoms with E-state index in [9.17, 15) is 9.59 Å². The van der Waals surface area contributed by atoms with Gasteiger partial charge in [0.15, 0.2) is 0 Å². The fourth-order valence-corrected chi connectivity index (χ4v) is 3.33. The van der Waals surface area contributed by atoms with Gasteiger partial charge in [0.05, 0.1) is 24.3 Å². The molecular formula is C18H24N2O3. The number of carbonyl (C=O) groups excluding carboxylic acids is 2. The Labute approximate surface area is 137 Å². The lowest BCUT2D eigenvalue weighted by Gasteiger charge is -2.26. The number of benzene rings is 1. The van der Waals surface area contributed by atoms with Crippen molar-refractivity contribution >= 4 is 11.8 Å². The number of rotatable bonds is 7. The maximum Gasteiger partial charge on any atom is 0.259 e. The number of hydrogen-bond acceptors (Lipinski definition) is 4. The third kappa shape index (κ3) is 3.98. The molecule has 5 heteroatoms. The molecule has 0 radical (unpaired) electrons. The molecule has 0 aromatic heterocycles. The minimum absolute atomic E-state index is 0.243. The van der Waals surface area contributed by atoms with Gasteiger partial charge < -0.3 is 4.74 Å². The summed E-state index contributed by atoms with van der Waals surface area (Å²) in [6.07, 6.45) is 5.50. The summed E-state index contributed by atoms with van der Waals surface area (Å²) in [7, 11) is 0. The van der Waals surface area contributed by atoms with Gasteiger partial charge >= 0.3 is 0 Å². The van der Waals surface area contributed by atoms with Crippen molar-refractivity contribution in [3.8, 4) is 0 Å². The number of nitrogens with one attached hydrogen (secondary N) is 1. The summed E-state index contributed by atoms with van der Waals surface area (Å²) < 4.78 is 5.35. The standard InChI is InChI=1S/C18H24N2O3/c21-17-15-8-5-7-14(16(15)18(22)19-17)6-3-1-2-4-9-20-10-12-23-13-11-20/h5,7-8H,1-4,6,9-13H2,(H,19,21,22). The zero-order valence-corrected chi connectivity index (χ0v) is 13.5. The number of carbonyl (C=O) groups is 2. The van der Waals surface area contributed by atoms with Gasteiger partial charge in [-0.1, -0.05) is 25.0 Å². The molecule has 2 heterocycles. The quantitative estimate of drug-likeness (QED) is 0.617. The molecule has 0 bridgehead atoms. The van der Waals surface area contributed by atoms with Gasteiger partial charge in [-0.2, -0.15) is 0 Å². The van der Waals surface area contributed by atoms with Gasteiger partial charge in [0.1, 0.15) is 0 Å². The number of ether oxygens (including phenoxy) is 1. The van der Waals surface area contributed by atoms with E-state index >= 15 is 0 Å². The molecule has 0 atom stereocenters. The summed E-state index contributed by atoms with van der Waals surface area (Å²) in [4.78, 5) is 26.0. The molecule has 1 aromatic carbocycles. The monoisotopic (exact) mass is 316 g/mol. The van der Waals surface area contributed by atoms with E-state index in [1.54, 1.807) is 6.07 Å². The third-order valence-electron chi connectivity index (χ3n) is 4.62. The van der Waals surface area contributed by atoms with Crippen molar-refractivity contribution in [1.29, 1.82) is 0 Å².